The Kier molecular flexibility index (Phi) is 6.29. The highest BCUT2D eigenvalue weighted by atomic mass is 32.1. The predicted octanol–water partition coefficient (Wildman–Crippen LogP) is 11.4. The van der Waals surface area contributed by atoms with Gasteiger partial charge in [0.05, 0.1) is 9.75 Å². The summed E-state index contributed by atoms with van der Waals surface area (Å²) in [5.41, 5.74) is 9.69. The van der Waals surface area contributed by atoms with E-state index >= 15 is 0 Å². The molecule has 0 aliphatic heterocycles. The van der Waals surface area contributed by atoms with E-state index in [1.54, 1.807) is 22.7 Å². The van der Waals surface area contributed by atoms with Gasteiger partial charge in [-0.25, -0.2) is 0 Å². The van der Waals surface area contributed by atoms with Crippen molar-refractivity contribution in [2.75, 3.05) is 0 Å². The second-order valence-electron chi connectivity index (χ2n) is 9.34. The first-order valence-electron chi connectivity index (χ1n) is 12.9. The molecule has 186 valence electrons. The molecular formula is C36H24OS2. The maximum Gasteiger partial charge on any atom is 0.145 e. The van der Waals surface area contributed by atoms with Gasteiger partial charge < -0.3 is 4.42 Å². The van der Waals surface area contributed by atoms with Crippen LogP contribution < -0.4 is 0 Å². The van der Waals surface area contributed by atoms with Crippen molar-refractivity contribution in [1.29, 1.82) is 0 Å². The van der Waals surface area contributed by atoms with E-state index in [-0.39, 0.29) is 0 Å². The minimum Gasteiger partial charge on any atom is -0.454 e. The smallest absolute Gasteiger partial charge is 0.145 e. The Labute approximate surface area is 236 Å². The average Bonchev–Trinajstić information content (AvgIpc) is 3.77. The highest BCUT2D eigenvalue weighted by Gasteiger charge is 2.22. The molecule has 0 aliphatic rings. The zero-order valence-corrected chi connectivity index (χ0v) is 22.7. The van der Waals surface area contributed by atoms with Crippen LogP contribution >= 0.6 is 22.7 Å². The van der Waals surface area contributed by atoms with Crippen LogP contribution in [0.3, 0.4) is 0 Å². The van der Waals surface area contributed by atoms with Gasteiger partial charge in [-0.05, 0) is 45.1 Å². The summed E-state index contributed by atoms with van der Waals surface area (Å²) in [7, 11) is 0. The van der Waals surface area contributed by atoms with E-state index in [1.807, 2.05) is 0 Å². The quantitative estimate of drug-likeness (QED) is 0.206. The molecule has 3 heteroatoms. The van der Waals surface area contributed by atoms with Crippen LogP contribution in [0.1, 0.15) is 0 Å². The zero-order valence-electron chi connectivity index (χ0n) is 21.1. The Hall–Kier alpha value is -4.44. The van der Waals surface area contributed by atoms with E-state index in [0.29, 0.717) is 0 Å². The molecule has 39 heavy (non-hydrogen) atoms. The summed E-state index contributed by atoms with van der Waals surface area (Å²) < 4.78 is 6.70. The second-order valence-corrected chi connectivity index (χ2v) is 11.1. The lowest BCUT2D eigenvalue weighted by Gasteiger charge is -2.08. The minimum absolute atomic E-state index is 0.893. The van der Waals surface area contributed by atoms with E-state index in [4.69, 9.17) is 4.42 Å². The zero-order chi connectivity index (χ0) is 26.0. The molecule has 3 aromatic heterocycles. The highest BCUT2D eigenvalue weighted by Crippen LogP contribution is 2.49. The van der Waals surface area contributed by atoms with Crippen molar-refractivity contribution in [3.8, 4) is 65.8 Å². The number of rotatable bonds is 6. The lowest BCUT2D eigenvalue weighted by Crippen LogP contribution is -1.83. The van der Waals surface area contributed by atoms with Gasteiger partial charge in [-0.15, -0.1) is 22.7 Å². The number of hydrogen-bond acceptors (Lipinski definition) is 3. The van der Waals surface area contributed by atoms with E-state index in [1.165, 1.54) is 44.5 Å². The topological polar surface area (TPSA) is 13.1 Å². The maximum atomic E-state index is 6.70. The Morgan fingerprint density at radius 2 is 0.692 bits per heavy atom. The first kappa shape index (κ1) is 23.7. The van der Waals surface area contributed by atoms with Crippen LogP contribution in [0.4, 0.5) is 0 Å². The fourth-order valence-corrected chi connectivity index (χ4v) is 7.23. The summed E-state index contributed by atoms with van der Waals surface area (Å²) in [6, 6.07) is 46.7. The molecule has 0 aliphatic carbocycles. The van der Waals surface area contributed by atoms with Gasteiger partial charge in [0.25, 0.3) is 0 Å². The molecule has 0 saturated carbocycles. The monoisotopic (exact) mass is 536 g/mol. The Morgan fingerprint density at radius 1 is 0.359 bits per heavy atom. The molecule has 4 aromatic carbocycles. The maximum absolute atomic E-state index is 6.70. The molecule has 0 bridgehead atoms. The van der Waals surface area contributed by atoms with Crippen LogP contribution in [0.5, 0.6) is 0 Å². The first-order valence-corrected chi connectivity index (χ1v) is 14.7. The molecule has 7 aromatic rings. The van der Waals surface area contributed by atoms with Crippen LogP contribution in [0.2, 0.25) is 0 Å². The number of thiophene rings is 2. The summed E-state index contributed by atoms with van der Waals surface area (Å²) >= 11 is 3.48. The van der Waals surface area contributed by atoms with E-state index in [0.717, 1.165) is 21.3 Å². The van der Waals surface area contributed by atoms with Crippen LogP contribution in [0.15, 0.2) is 149 Å². The molecule has 0 amide bonds. The van der Waals surface area contributed by atoms with Crippen molar-refractivity contribution in [1.82, 2.24) is 0 Å². The second kappa shape index (κ2) is 10.4. The van der Waals surface area contributed by atoms with E-state index in [9.17, 15) is 0 Å². The highest BCUT2D eigenvalue weighted by molar-refractivity contribution is 7.15. The van der Waals surface area contributed by atoms with Crippen LogP contribution in [0, 0.1) is 0 Å². The third-order valence-electron chi connectivity index (χ3n) is 6.93. The summed E-state index contributed by atoms with van der Waals surface area (Å²) in [6.45, 7) is 0. The molecule has 0 N–H and O–H groups in total. The molecule has 7 rings (SSSR count). The van der Waals surface area contributed by atoms with Gasteiger partial charge in [0.1, 0.15) is 11.5 Å². The fourth-order valence-electron chi connectivity index (χ4n) is 5.10. The van der Waals surface area contributed by atoms with Gasteiger partial charge in [0, 0.05) is 22.3 Å². The standard InChI is InChI=1S/C36H24OS2/c1-5-13-25(14-6-1)29-23-38-35(33(29)27-17-9-3-10-18-27)31-21-22-32(37-31)36-34(28-19-11-4-12-20-28)30(24-39-36)26-15-7-2-8-16-26/h1-24H. The van der Waals surface area contributed by atoms with Gasteiger partial charge in [-0.2, -0.15) is 0 Å². The van der Waals surface area contributed by atoms with Crippen molar-refractivity contribution in [3.05, 3.63) is 144 Å². The van der Waals surface area contributed by atoms with Gasteiger partial charge in [0.2, 0.25) is 0 Å². The molecule has 1 nitrogen and oxygen atoms in total. The predicted molar refractivity (Wildman–Crippen MR) is 167 cm³/mol. The average molecular weight is 537 g/mol. The molecule has 3 heterocycles. The summed E-state index contributed by atoms with van der Waals surface area (Å²) in [5.74, 6) is 1.79. The first-order chi connectivity index (χ1) is 19.4. The molecule has 0 saturated heterocycles. The normalized spacial score (nSPS) is 11.1. The third kappa shape index (κ3) is 4.46. The Balaban J connectivity index is 1.37. The van der Waals surface area contributed by atoms with Crippen LogP contribution in [-0.2, 0) is 0 Å². The summed E-state index contributed by atoms with van der Waals surface area (Å²) in [4.78, 5) is 2.29. The molecule has 0 radical (unpaired) electrons. The molecule has 0 atom stereocenters. The molecule has 0 unspecified atom stereocenters. The Morgan fingerprint density at radius 3 is 1.05 bits per heavy atom. The van der Waals surface area contributed by atoms with Crippen molar-refractivity contribution < 1.29 is 4.42 Å². The molecule has 0 spiro atoms. The van der Waals surface area contributed by atoms with Crippen molar-refractivity contribution in [2.24, 2.45) is 0 Å². The van der Waals surface area contributed by atoms with E-state index in [2.05, 4.69) is 144 Å². The molecule has 0 fully saturated rings. The van der Waals surface area contributed by atoms with Gasteiger partial charge >= 0.3 is 0 Å². The van der Waals surface area contributed by atoms with Crippen molar-refractivity contribution in [3.63, 3.8) is 0 Å². The Bertz CT molecular complexity index is 1690. The van der Waals surface area contributed by atoms with Gasteiger partial charge in [-0.3, -0.25) is 0 Å². The largest absolute Gasteiger partial charge is 0.454 e. The van der Waals surface area contributed by atoms with Gasteiger partial charge in [-0.1, -0.05) is 121 Å². The SMILES string of the molecule is c1ccc(-c2csc(-c3ccc(-c4scc(-c5ccccc5)c4-c4ccccc4)o3)c2-c2ccccc2)cc1. The number of furan rings is 1. The minimum atomic E-state index is 0.893. The lowest BCUT2D eigenvalue weighted by atomic mass is 9.96. The van der Waals surface area contributed by atoms with Crippen LogP contribution in [-0.4, -0.2) is 0 Å². The molecular weight excluding hydrogens is 513 g/mol. The van der Waals surface area contributed by atoms with Crippen molar-refractivity contribution >= 4 is 22.7 Å². The lowest BCUT2D eigenvalue weighted by molar-refractivity contribution is 0.601. The van der Waals surface area contributed by atoms with E-state index < -0.39 is 0 Å². The third-order valence-corrected chi connectivity index (χ3v) is 8.92. The fraction of sp³-hybridized carbons (Fsp3) is 0. The van der Waals surface area contributed by atoms with Crippen molar-refractivity contribution in [2.45, 2.75) is 0 Å². The van der Waals surface area contributed by atoms with Crippen LogP contribution in [0.25, 0.3) is 65.8 Å². The summed E-state index contributed by atoms with van der Waals surface area (Å²) in [5, 5.41) is 4.51. The number of benzene rings is 4. The number of hydrogen-bond donors (Lipinski definition) is 0. The van der Waals surface area contributed by atoms with Gasteiger partial charge in [0.15, 0.2) is 0 Å². The summed E-state index contributed by atoms with van der Waals surface area (Å²) in [6.07, 6.45) is 0.